The van der Waals surface area contributed by atoms with Crippen molar-refractivity contribution in [3.05, 3.63) is 12.2 Å². The first-order chi connectivity index (χ1) is 8.08. The minimum Gasteiger partial charge on any atom is -0.365 e. The van der Waals surface area contributed by atoms with Crippen LogP contribution >= 0.6 is 0 Å². The fourth-order valence-corrected chi connectivity index (χ4v) is 2.27. The Morgan fingerprint density at radius 3 is 2.94 bits per heavy atom. The van der Waals surface area contributed by atoms with Crippen LogP contribution in [0.3, 0.4) is 0 Å². The van der Waals surface area contributed by atoms with Gasteiger partial charge in [0.25, 0.3) is 5.91 Å². The highest BCUT2D eigenvalue weighted by Gasteiger charge is 2.52. The number of carbonyl (C=O) groups is 3. The summed E-state index contributed by atoms with van der Waals surface area (Å²) in [5.74, 6) is -0.948. The summed E-state index contributed by atoms with van der Waals surface area (Å²) >= 11 is 0. The molecule has 1 spiro atoms. The number of urea groups is 1. The Morgan fingerprint density at radius 2 is 2.35 bits per heavy atom. The van der Waals surface area contributed by atoms with E-state index in [2.05, 4.69) is 16.0 Å². The smallest absolute Gasteiger partial charge is 0.322 e. The average molecular weight is 233 g/mol. The van der Waals surface area contributed by atoms with Gasteiger partial charge in [-0.05, 0) is 12.9 Å². The molecule has 0 bridgehead atoms. The maximum absolute atomic E-state index is 11.8. The molecule has 6 nitrogen and oxygen atoms in total. The van der Waals surface area contributed by atoms with Crippen LogP contribution in [-0.2, 0) is 9.59 Å². The molecule has 0 aromatic heterocycles. The van der Waals surface area contributed by atoms with Crippen LogP contribution in [0.25, 0.3) is 0 Å². The predicted molar refractivity (Wildman–Crippen MR) is 60.0 cm³/mol. The third-order valence-electron chi connectivity index (χ3n) is 3.11. The molecule has 3 N–H and O–H groups in total. The highest BCUT2D eigenvalue weighted by atomic mass is 16.2. The van der Waals surface area contributed by atoms with Crippen LogP contribution in [0.5, 0.6) is 0 Å². The van der Waals surface area contributed by atoms with E-state index in [0.29, 0.717) is 6.42 Å². The van der Waals surface area contributed by atoms with Gasteiger partial charge in [-0.1, -0.05) is 12.2 Å². The van der Waals surface area contributed by atoms with Gasteiger partial charge in [-0.25, -0.2) is 4.79 Å². The molecule has 1 fully saturated rings. The van der Waals surface area contributed by atoms with Crippen molar-refractivity contribution in [3.8, 4) is 0 Å². The Morgan fingerprint density at radius 1 is 1.59 bits per heavy atom. The van der Waals surface area contributed by atoms with E-state index in [1.807, 2.05) is 0 Å². The van der Waals surface area contributed by atoms with Crippen LogP contribution in [0, 0.1) is 5.92 Å². The van der Waals surface area contributed by atoms with Crippen molar-refractivity contribution in [2.45, 2.75) is 18.4 Å². The summed E-state index contributed by atoms with van der Waals surface area (Å²) in [6, 6.07) is -0.511. The van der Waals surface area contributed by atoms with Gasteiger partial charge in [0.1, 0.15) is 5.54 Å². The van der Waals surface area contributed by atoms with Crippen LogP contribution in [0.2, 0.25) is 0 Å². The third kappa shape index (κ3) is 1.92. The van der Waals surface area contributed by atoms with E-state index in [9.17, 15) is 14.4 Å². The van der Waals surface area contributed by atoms with Gasteiger partial charge in [0, 0.05) is 12.3 Å². The summed E-state index contributed by atoms with van der Waals surface area (Å²) in [5.41, 5.74) is -0.997. The molecule has 1 aliphatic heterocycles. The molecule has 88 valence electrons. The lowest BCUT2D eigenvalue weighted by atomic mass is 9.84. The normalized spacial score (nSPS) is 30.5. The van der Waals surface area contributed by atoms with Crippen LogP contribution in [-0.4, -0.2) is 37.7 Å². The molecule has 2 rings (SSSR count). The first-order valence-corrected chi connectivity index (χ1v) is 5.35. The van der Waals surface area contributed by atoms with E-state index < -0.39 is 11.6 Å². The van der Waals surface area contributed by atoms with Crippen molar-refractivity contribution in [2.75, 3.05) is 6.44 Å². The summed E-state index contributed by atoms with van der Waals surface area (Å²) in [5, 5.41) is 7.27. The van der Waals surface area contributed by atoms with E-state index in [4.69, 9.17) is 7.85 Å². The van der Waals surface area contributed by atoms with Crippen LogP contribution in [0.4, 0.5) is 4.79 Å². The van der Waals surface area contributed by atoms with E-state index in [-0.39, 0.29) is 30.6 Å². The highest BCUT2D eigenvalue weighted by molar-refractivity contribution is 6.10. The van der Waals surface area contributed by atoms with Crippen LogP contribution in [0.1, 0.15) is 12.8 Å². The SMILES string of the molecule is [B]CNC(=O)CC1C=CCC12NC(=O)NC2=O. The molecule has 2 radical (unpaired) electrons. The summed E-state index contributed by atoms with van der Waals surface area (Å²) in [6.07, 6.45) is 4.17. The Hall–Kier alpha value is -1.79. The second kappa shape index (κ2) is 4.23. The molecule has 17 heavy (non-hydrogen) atoms. The van der Waals surface area contributed by atoms with E-state index in [0.717, 1.165) is 0 Å². The standard InChI is InChI=1S/C10H12BN3O3/c11-5-12-7(15)4-6-2-1-3-10(6)8(16)13-9(17)14-10/h1-2,6H,3-5H2,(H,12,15)(H2,13,14,16,17). The van der Waals surface area contributed by atoms with Gasteiger partial charge in [-0.3, -0.25) is 14.9 Å². The highest BCUT2D eigenvalue weighted by Crippen LogP contribution is 2.34. The molecule has 1 aliphatic carbocycles. The lowest BCUT2D eigenvalue weighted by molar-refractivity contribution is -0.126. The monoisotopic (exact) mass is 233 g/mol. The van der Waals surface area contributed by atoms with Gasteiger partial charge in [-0.15, -0.1) is 0 Å². The molecule has 0 aromatic carbocycles. The number of nitrogens with one attached hydrogen (secondary N) is 3. The molecule has 1 heterocycles. The summed E-state index contributed by atoms with van der Waals surface area (Å²) in [7, 11) is 5.20. The van der Waals surface area contributed by atoms with Gasteiger partial charge in [-0.2, -0.15) is 0 Å². The van der Waals surface area contributed by atoms with Crippen molar-refractivity contribution in [2.24, 2.45) is 5.92 Å². The summed E-state index contributed by atoms with van der Waals surface area (Å²) < 4.78 is 0. The van der Waals surface area contributed by atoms with Gasteiger partial charge in [0.05, 0.1) is 7.85 Å². The quantitative estimate of drug-likeness (QED) is 0.324. The largest absolute Gasteiger partial charge is 0.365 e. The van der Waals surface area contributed by atoms with E-state index in [1.54, 1.807) is 12.2 Å². The van der Waals surface area contributed by atoms with E-state index >= 15 is 0 Å². The predicted octanol–water partition coefficient (Wildman–Crippen LogP) is -1.23. The van der Waals surface area contributed by atoms with Crippen molar-refractivity contribution in [3.63, 3.8) is 0 Å². The Bertz CT molecular complexity index is 410. The van der Waals surface area contributed by atoms with Gasteiger partial charge in [0.15, 0.2) is 0 Å². The summed E-state index contributed by atoms with van der Waals surface area (Å²) in [6.45, 7) is 0. The molecule has 0 saturated carbocycles. The topological polar surface area (TPSA) is 87.3 Å². The molecule has 2 aliphatic rings. The molecule has 0 aromatic rings. The number of carbonyl (C=O) groups excluding carboxylic acids is 3. The minimum absolute atomic E-state index is 0.0564. The maximum Gasteiger partial charge on any atom is 0.322 e. The second-order valence-corrected chi connectivity index (χ2v) is 4.13. The van der Waals surface area contributed by atoms with Crippen molar-refractivity contribution in [1.29, 1.82) is 0 Å². The van der Waals surface area contributed by atoms with Gasteiger partial charge >= 0.3 is 6.03 Å². The number of imide groups is 1. The molecule has 2 atom stereocenters. The molecule has 4 amide bonds. The van der Waals surface area contributed by atoms with Crippen LogP contribution < -0.4 is 16.0 Å². The average Bonchev–Trinajstić information content (AvgIpc) is 2.74. The van der Waals surface area contributed by atoms with E-state index in [1.165, 1.54) is 0 Å². The fraction of sp³-hybridized carbons (Fsp3) is 0.500. The van der Waals surface area contributed by atoms with Crippen LogP contribution in [0.15, 0.2) is 12.2 Å². The van der Waals surface area contributed by atoms with Crippen molar-refractivity contribution >= 4 is 25.7 Å². The van der Waals surface area contributed by atoms with Crippen molar-refractivity contribution in [1.82, 2.24) is 16.0 Å². The third-order valence-corrected chi connectivity index (χ3v) is 3.11. The van der Waals surface area contributed by atoms with Gasteiger partial charge < -0.3 is 10.6 Å². The Labute approximate surface area is 99.6 Å². The number of amides is 4. The lowest BCUT2D eigenvalue weighted by Gasteiger charge is -2.27. The first-order valence-electron chi connectivity index (χ1n) is 5.35. The minimum atomic E-state index is -0.997. The molecule has 2 unspecified atom stereocenters. The Kier molecular flexibility index (Phi) is 2.91. The fourth-order valence-electron chi connectivity index (χ4n) is 2.27. The number of hydrogen-bond donors (Lipinski definition) is 3. The van der Waals surface area contributed by atoms with Crippen molar-refractivity contribution < 1.29 is 14.4 Å². The molecule has 1 saturated heterocycles. The summed E-state index contributed by atoms with van der Waals surface area (Å²) in [4.78, 5) is 34.4. The first kappa shape index (κ1) is 11.7. The molecule has 7 heteroatoms. The zero-order valence-electron chi connectivity index (χ0n) is 9.16. The zero-order valence-corrected chi connectivity index (χ0v) is 9.16. The maximum atomic E-state index is 11.8. The lowest BCUT2D eigenvalue weighted by Crippen LogP contribution is -2.51. The molecular weight excluding hydrogens is 221 g/mol. The second-order valence-electron chi connectivity index (χ2n) is 4.13. The number of hydrogen-bond acceptors (Lipinski definition) is 3. The number of rotatable bonds is 3. The van der Waals surface area contributed by atoms with Gasteiger partial charge in [0.2, 0.25) is 5.91 Å². The zero-order chi connectivity index (χ0) is 12.5. The molecular formula is C10H12BN3O3. The Balaban J connectivity index is 2.11.